The highest BCUT2D eigenvalue weighted by Gasteiger charge is 2.22. The van der Waals surface area contributed by atoms with Crippen LogP contribution in [0.4, 0.5) is 0 Å². The molecule has 2 rings (SSSR count). The molecule has 1 nitrogen and oxygen atoms in total. The minimum absolute atomic E-state index is 0.637. The summed E-state index contributed by atoms with van der Waals surface area (Å²) in [5, 5.41) is 3.60. The molecule has 1 aromatic carbocycles. The van der Waals surface area contributed by atoms with Crippen LogP contribution in [0.5, 0.6) is 0 Å². The summed E-state index contributed by atoms with van der Waals surface area (Å²) in [4.78, 5) is 0. The molecule has 1 heteroatoms. The van der Waals surface area contributed by atoms with Gasteiger partial charge in [-0.15, -0.1) is 0 Å². The lowest BCUT2D eigenvalue weighted by atomic mass is 10.1. The van der Waals surface area contributed by atoms with Crippen LogP contribution in [0.15, 0.2) is 24.3 Å². The molecule has 1 aliphatic carbocycles. The Labute approximate surface area is 106 Å². The van der Waals surface area contributed by atoms with Gasteiger partial charge in [0.15, 0.2) is 0 Å². The van der Waals surface area contributed by atoms with E-state index in [1.54, 1.807) is 0 Å². The van der Waals surface area contributed by atoms with Gasteiger partial charge in [-0.25, -0.2) is 0 Å². The van der Waals surface area contributed by atoms with Crippen molar-refractivity contribution < 1.29 is 0 Å². The normalized spacial score (nSPS) is 17.1. The summed E-state index contributed by atoms with van der Waals surface area (Å²) in [5.74, 6) is 0.875. The van der Waals surface area contributed by atoms with Crippen LogP contribution in [0, 0.1) is 0 Å². The molecule has 1 saturated carbocycles. The fourth-order valence-corrected chi connectivity index (χ4v) is 2.23. The molecule has 0 heterocycles. The SMILES string of the molecule is CCCCC(C)NCc1ccc(C2CC2)cc1. The zero-order valence-electron chi connectivity index (χ0n) is 11.2. The second-order valence-corrected chi connectivity index (χ2v) is 5.44. The summed E-state index contributed by atoms with van der Waals surface area (Å²) in [6.07, 6.45) is 6.70. The first kappa shape index (κ1) is 12.6. The van der Waals surface area contributed by atoms with Gasteiger partial charge in [0, 0.05) is 12.6 Å². The van der Waals surface area contributed by atoms with Gasteiger partial charge in [-0.3, -0.25) is 0 Å². The van der Waals surface area contributed by atoms with Gasteiger partial charge in [0.25, 0.3) is 0 Å². The van der Waals surface area contributed by atoms with Gasteiger partial charge in [-0.05, 0) is 43.2 Å². The minimum Gasteiger partial charge on any atom is -0.310 e. The zero-order valence-corrected chi connectivity index (χ0v) is 11.2. The molecular weight excluding hydrogens is 206 g/mol. The number of unbranched alkanes of at least 4 members (excludes halogenated alkanes) is 1. The summed E-state index contributed by atoms with van der Waals surface area (Å²) in [5.41, 5.74) is 2.95. The first-order valence-corrected chi connectivity index (χ1v) is 7.12. The maximum atomic E-state index is 3.60. The molecule has 1 atom stereocenters. The number of hydrogen-bond donors (Lipinski definition) is 1. The smallest absolute Gasteiger partial charge is 0.0207 e. The first-order chi connectivity index (χ1) is 8.29. The van der Waals surface area contributed by atoms with Crippen LogP contribution >= 0.6 is 0 Å². The van der Waals surface area contributed by atoms with Crippen molar-refractivity contribution in [2.24, 2.45) is 0 Å². The van der Waals surface area contributed by atoms with E-state index in [2.05, 4.69) is 43.4 Å². The van der Waals surface area contributed by atoms with E-state index >= 15 is 0 Å². The van der Waals surface area contributed by atoms with Crippen LogP contribution in [0.3, 0.4) is 0 Å². The van der Waals surface area contributed by atoms with Gasteiger partial charge < -0.3 is 5.32 Å². The summed E-state index contributed by atoms with van der Waals surface area (Å²) in [6, 6.07) is 9.83. The van der Waals surface area contributed by atoms with E-state index in [0.29, 0.717) is 6.04 Å². The molecule has 1 aromatic rings. The molecule has 0 amide bonds. The van der Waals surface area contributed by atoms with Crippen molar-refractivity contribution in [1.82, 2.24) is 5.32 Å². The molecule has 0 radical (unpaired) electrons. The van der Waals surface area contributed by atoms with E-state index in [0.717, 1.165) is 12.5 Å². The van der Waals surface area contributed by atoms with Crippen LogP contribution in [0.2, 0.25) is 0 Å². The first-order valence-electron chi connectivity index (χ1n) is 7.12. The summed E-state index contributed by atoms with van der Waals surface area (Å²) >= 11 is 0. The van der Waals surface area contributed by atoms with Crippen molar-refractivity contribution in [3.8, 4) is 0 Å². The van der Waals surface area contributed by atoms with Crippen LogP contribution < -0.4 is 5.32 Å². The molecule has 0 saturated heterocycles. The maximum Gasteiger partial charge on any atom is 0.0207 e. The van der Waals surface area contributed by atoms with E-state index in [-0.39, 0.29) is 0 Å². The highest BCUT2D eigenvalue weighted by molar-refractivity contribution is 5.27. The Bertz CT molecular complexity index is 324. The van der Waals surface area contributed by atoms with Gasteiger partial charge in [0.1, 0.15) is 0 Å². The second-order valence-electron chi connectivity index (χ2n) is 5.44. The average molecular weight is 231 g/mol. The van der Waals surface area contributed by atoms with Crippen LogP contribution in [0.1, 0.15) is 63.0 Å². The summed E-state index contributed by atoms with van der Waals surface area (Å²) in [6.45, 7) is 5.55. The number of benzene rings is 1. The molecule has 0 aromatic heterocycles. The fourth-order valence-electron chi connectivity index (χ4n) is 2.23. The lowest BCUT2D eigenvalue weighted by Gasteiger charge is -2.13. The van der Waals surface area contributed by atoms with Gasteiger partial charge >= 0.3 is 0 Å². The third kappa shape index (κ3) is 4.16. The van der Waals surface area contributed by atoms with Crippen molar-refractivity contribution in [2.45, 2.75) is 64.5 Å². The molecule has 1 aliphatic rings. The van der Waals surface area contributed by atoms with Gasteiger partial charge in [0.05, 0.1) is 0 Å². The Kier molecular flexibility index (Phi) is 4.61. The Morgan fingerprint density at radius 1 is 1.24 bits per heavy atom. The number of nitrogens with one attached hydrogen (secondary N) is 1. The Morgan fingerprint density at radius 2 is 1.94 bits per heavy atom. The average Bonchev–Trinajstić information content (AvgIpc) is 3.19. The van der Waals surface area contributed by atoms with E-state index in [1.807, 2.05) is 0 Å². The van der Waals surface area contributed by atoms with Crippen molar-refractivity contribution in [1.29, 1.82) is 0 Å². The molecule has 17 heavy (non-hydrogen) atoms. The topological polar surface area (TPSA) is 12.0 Å². The zero-order chi connectivity index (χ0) is 12.1. The molecule has 0 spiro atoms. The minimum atomic E-state index is 0.637. The third-order valence-corrected chi connectivity index (χ3v) is 3.67. The summed E-state index contributed by atoms with van der Waals surface area (Å²) < 4.78 is 0. The number of rotatable bonds is 7. The standard InChI is InChI=1S/C16H25N/c1-3-4-5-13(2)17-12-14-6-8-15(9-7-14)16-10-11-16/h6-9,13,16-17H,3-5,10-12H2,1-2H3. The van der Waals surface area contributed by atoms with Gasteiger partial charge in [0.2, 0.25) is 0 Å². The monoisotopic (exact) mass is 231 g/mol. The number of hydrogen-bond acceptors (Lipinski definition) is 1. The Morgan fingerprint density at radius 3 is 2.53 bits per heavy atom. The molecule has 1 fully saturated rings. The largest absolute Gasteiger partial charge is 0.310 e. The molecule has 1 unspecified atom stereocenters. The Hall–Kier alpha value is -0.820. The fraction of sp³-hybridized carbons (Fsp3) is 0.625. The van der Waals surface area contributed by atoms with Gasteiger partial charge in [-0.1, -0.05) is 44.0 Å². The molecule has 0 aliphatic heterocycles. The van der Waals surface area contributed by atoms with Crippen LogP contribution in [-0.2, 0) is 6.54 Å². The Balaban J connectivity index is 1.74. The lowest BCUT2D eigenvalue weighted by molar-refractivity contribution is 0.495. The van der Waals surface area contributed by atoms with E-state index in [1.165, 1.54) is 43.2 Å². The predicted molar refractivity (Wildman–Crippen MR) is 74.2 cm³/mol. The quantitative estimate of drug-likeness (QED) is 0.740. The molecular formula is C16H25N. The van der Waals surface area contributed by atoms with Crippen molar-refractivity contribution in [3.63, 3.8) is 0 Å². The highest BCUT2D eigenvalue weighted by atomic mass is 14.9. The third-order valence-electron chi connectivity index (χ3n) is 3.67. The van der Waals surface area contributed by atoms with Crippen molar-refractivity contribution in [2.75, 3.05) is 0 Å². The van der Waals surface area contributed by atoms with E-state index < -0.39 is 0 Å². The van der Waals surface area contributed by atoms with Crippen LogP contribution in [-0.4, -0.2) is 6.04 Å². The highest BCUT2D eigenvalue weighted by Crippen LogP contribution is 2.39. The predicted octanol–water partition coefficient (Wildman–Crippen LogP) is 4.23. The van der Waals surface area contributed by atoms with Crippen molar-refractivity contribution in [3.05, 3.63) is 35.4 Å². The molecule has 1 N–H and O–H groups in total. The second kappa shape index (κ2) is 6.20. The van der Waals surface area contributed by atoms with Gasteiger partial charge in [-0.2, -0.15) is 0 Å². The molecule has 94 valence electrons. The maximum absolute atomic E-state index is 3.60. The van der Waals surface area contributed by atoms with Crippen LogP contribution in [0.25, 0.3) is 0 Å². The van der Waals surface area contributed by atoms with Crippen molar-refractivity contribution >= 4 is 0 Å². The van der Waals surface area contributed by atoms with E-state index in [9.17, 15) is 0 Å². The lowest BCUT2D eigenvalue weighted by Crippen LogP contribution is -2.25. The molecule has 0 bridgehead atoms. The summed E-state index contributed by atoms with van der Waals surface area (Å²) in [7, 11) is 0. The van der Waals surface area contributed by atoms with E-state index in [4.69, 9.17) is 0 Å².